The third kappa shape index (κ3) is 46.3. The fourth-order valence-electron chi connectivity index (χ4n) is 6.94. The summed E-state index contributed by atoms with van der Waals surface area (Å²) in [6.07, 6.45) is 56.7. The van der Waals surface area contributed by atoms with Crippen molar-refractivity contribution in [3.05, 3.63) is 48.6 Å². The Kier molecular flexibility index (Phi) is 45.9. The van der Waals surface area contributed by atoms with Crippen molar-refractivity contribution < 1.29 is 28.6 Å². The maximum atomic E-state index is 12.8. The molecule has 342 valence electrons. The molecular weight excluding hydrogens is 733 g/mol. The molecule has 6 heteroatoms. The molecule has 1 atom stereocenters. The number of allylic oxidation sites excluding steroid dienone is 8. The summed E-state index contributed by atoms with van der Waals surface area (Å²) in [5.74, 6) is -0.941. The second kappa shape index (κ2) is 48.0. The smallest absolute Gasteiger partial charge is 0.306 e. The second-order valence-electron chi connectivity index (χ2n) is 16.7. The van der Waals surface area contributed by atoms with Crippen LogP contribution in [0, 0.1) is 0 Å². The summed E-state index contributed by atoms with van der Waals surface area (Å²) in [7, 11) is 0. The normalized spacial score (nSPS) is 12.4. The highest BCUT2D eigenvalue weighted by Gasteiger charge is 2.19. The van der Waals surface area contributed by atoms with E-state index < -0.39 is 6.10 Å². The molecule has 0 aliphatic rings. The highest BCUT2D eigenvalue weighted by Crippen LogP contribution is 2.14. The van der Waals surface area contributed by atoms with E-state index in [4.69, 9.17) is 14.2 Å². The number of ether oxygens (including phenoxy) is 3. The summed E-state index contributed by atoms with van der Waals surface area (Å²) in [5.41, 5.74) is 0. The zero-order valence-corrected chi connectivity index (χ0v) is 39.0. The van der Waals surface area contributed by atoms with Gasteiger partial charge in [0.25, 0.3) is 0 Å². The summed E-state index contributed by atoms with van der Waals surface area (Å²) in [6, 6.07) is 0. The number of hydrogen-bond donors (Lipinski definition) is 0. The molecule has 6 nitrogen and oxygen atoms in total. The first kappa shape index (κ1) is 56.4. The molecule has 0 saturated carbocycles. The minimum Gasteiger partial charge on any atom is -0.462 e. The largest absolute Gasteiger partial charge is 0.462 e. The van der Waals surface area contributed by atoms with E-state index in [0.717, 1.165) is 89.9 Å². The maximum Gasteiger partial charge on any atom is 0.306 e. The summed E-state index contributed by atoms with van der Waals surface area (Å²) >= 11 is 0. The molecule has 0 aromatic carbocycles. The van der Waals surface area contributed by atoms with Gasteiger partial charge in [0.2, 0.25) is 0 Å². The van der Waals surface area contributed by atoms with Gasteiger partial charge in [0, 0.05) is 19.3 Å². The van der Waals surface area contributed by atoms with Crippen LogP contribution < -0.4 is 0 Å². The van der Waals surface area contributed by atoms with Crippen LogP contribution in [0.3, 0.4) is 0 Å². The first-order valence-electron chi connectivity index (χ1n) is 25.2. The first-order chi connectivity index (χ1) is 29.0. The predicted molar refractivity (Wildman–Crippen MR) is 252 cm³/mol. The zero-order chi connectivity index (χ0) is 43.0. The standard InChI is InChI=1S/C53H94O6/c1-4-7-10-13-16-19-22-24-26-27-29-31-34-37-40-43-46-52(55)58-49-50(48-57-51(54)45-42-39-36-33-30-21-18-15-12-9-6-3)59-53(56)47-44-41-38-35-32-28-25-23-20-17-14-11-8-5-2/h15,18,21,26-28,30,32,50H,4-14,16-17,19-20,22-25,29,31,33-49H2,1-3H3/b18-15-,27-26-,30-21-,32-28-. The van der Waals surface area contributed by atoms with Gasteiger partial charge in [-0.15, -0.1) is 0 Å². The topological polar surface area (TPSA) is 78.9 Å². The van der Waals surface area contributed by atoms with Crippen LogP contribution in [0.4, 0.5) is 0 Å². The monoisotopic (exact) mass is 827 g/mol. The van der Waals surface area contributed by atoms with Crippen molar-refractivity contribution in [2.75, 3.05) is 13.2 Å². The Bertz CT molecular complexity index is 1040. The number of hydrogen-bond acceptors (Lipinski definition) is 6. The number of rotatable bonds is 45. The molecule has 0 N–H and O–H groups in total. The Hall–Kier alpha value is -2.63. The van der Waals surface area contributed by atoms with Crippen molar-refractivity contribution >= 4 is 17.9 Å². The van der Waals surface area contributed by atoms with E-state index in [-0.39, 0.29) is 31.1 Å². The molecule has 0 rings (SSSR count). The van der Waals surface area contributed by atoms with Crippen LogP contribution in [0.1, 0.15) is 252 Å². The third-order valence-electron chi connectivity index (χ3n) is 10.8. The van der Waals surface area contributed by atoms with Crippen molar-refractivity contribution in [2.24, 2.45) is 0 Å². The van der Waals surface area contributed by atoms with E-state index in [0.29, 0.717) is 19.3 Å². The fourth-order valence-corrected chi connectivity index (χ4v) is 6.94. The van der Waals surface area contributed by atoms with Gasteiger partial charge in [0.05, 0.1) is 0 Å². The molecule has 0 aromatic heterocycles. The van der Waals surface area contributed by atoms with E-state index in [1.807, 2.05) is 0 Å². The molecule has 0 amide bonds. The van der Waals surface area contributed by atoms with Crippen molar-refractivity contribution in [1.29, 1.82) is 0 Å². The lowest BCUT2D eigenvalue weighted by atomic mass is 10.1. The zero-order valence-electron chi connectivity index (χ0n) is 39.0. The minimum atomic E-state index is -0.792. The Morgan fingerprint density at radius 2 is 0.627 bits per heavy atom. The van der Waals surface area contributed by atoms with Crippen molar-refractivity contribution in [2.45, 2.75) is 258 Å². The molecule has 0 aliphatic carbocycles. The van der Waals surface area contributed by atoms with E-state index in [1.165, 1.54) is 122 Å². The summed E-state index contributed by atoms with van der Waals surface area (Å²) in [5, 5.41) is 0. The van der Waals surface area contributed by atoms with Crippen LogP contribution in [0.25, 0.3) is 0 Å². The lowest BCUT2D eigenvalue weighted by Gasteiger charge is -2.18. The third-order valence-corrected chi connectivity index (χ3v) is 10.8. The van der Waals surface area contributed by atoms with Gasteiger partial charge < -0.3 is 14.2 Å². The van der Waals surface area contributed by atoms with E-state index in [2.05, 4.69) is 69.4 Å². The van der Waals surface area contributed by atoms with Gasteiger partial charge in [0.1, 0.15) is 13.2 Å². The van der Waals surface area contributed by atoms with Crippen LogP contribution in [0.2, 0.25) is 0 Å². The lowest BCUT2D eigenvalue weighted by Crippen LogP contribution is -2.30. The molecule has 0 radical (unpaired) electrons. The maximum absolute atomic E-state index is 12.8. The molecule has 0 saturated heterocycles. The molecule has 0 spiro atoms. The first-order valence-corrected chi connectivity index (χ1v) is 25.2. The number of unbranched alkanes of at least 4 members (excludes halogenated alkanes) is 27. The summed E-state index contributed by atoms with van der Waals surface area (Å²) in [6.45, 7) is 6.54. The Labute approximate surface area is 365 Å². The Morgan fingerprint density at radius 3 is 1.02 bits per heavy atom. The summed E-state index contributed by atoms with van der Waals surface area (Å²) < 4.78 is 16.7. The SMILES string of the molecule is CCCC/C=C\C=C/CCCCCC(=O)OCC(COC(=O)CCCCCCC/C=C\CCCCCCCCC)OC(=O)CCCCC/C=C\CCCCCCCCC. The van der Waals surface area contributed by atoms with Gasteiger partial charge in [-0.1, -0.05) is 191 Å². The molecule has 0 aromatic rings. The van der Waals surface area contributed by atoms with E-state index in [1.54, 1.807) is 0 Å². The second-order valence-corrected chi connectivity index (χ2v) is 16.7. The summed E-state index contributed by atoms with van der Waals surface area (Å²) in [4.78, 5) is 37.8. The minimum absolute atomic E-state index is 0.0915. The molecule has 59 heavy (non-hydrogen) atoms. The van der Waals surface area contributed by atoms with Crippen LogP contribution >= 0.6 is 0 Å². The Balaban J connectivity index is 4.41. The average Bonchev–Trinajstić information content (AvgIpc) is 3.23. The van der Waals surface area contributed by atoms with Crippen molar-refractivity contribution in [3.8, 4) is 0 Å². The van der Waals surface area contributed by atoms with Crippen LogP contribution in [-0.4, -0.2) is 37.2 Å². The van der Waals surface area contributed by atoms with E-state index >= 15 is 0 Å². The van der Waals surface area contributed by atoms with Crippen LogP contribution in [0.5, 0.6) is 0 Å². The van der Waals surface area contributed by atoms with Crippen molar-refractivity contribution in [1.82, 2.24) is 0 Å². The van der Waals surface area contributed by atoms with Crippen LogP contribution in [-0.2, 0) is 28.6 Å². The van der Waals surface area contributed by atoms with Gasteiger partial charge in [-0.05, 0) is 89.9 Å². The van der Waals surface area contributed by atoms with E-state index in [9.17, 15) is 14.4 Å². The average molecular weight is 827 g/mol. The van der Waals surface area contributed by atoms with Gasteiger partial charge in [0.15, 0.2) is 6.10 Å². The highest BCUT2D eigenvalue weighted by molar-refractivity contribution is 5.71. The molecule has 0 fully saturated rings. The molecular formula is C53H94O6. The molecule has 0 bridgehead atoms. The molecule has 0 heterocycles. The molecule has 1 unspecified atom stereocenters. The number of carbonyl (C=O) groups excluding carboxylic acids is 3. The predicted octanol–water partition coefficient (Wildman–Crippen LogP) is 16.3. The molecule has 0 aliphatic heterocycles. The number of esters is 3. The lowest BCUT2D eigenvalue weighted by molar-refractivity contribution is -0.167. The quantitative estimate of drug-likeness (QED) is 0.0200. The number of carbonyl (C=O) groups is 3. The van der Waals surface area contributed by atoms with Gasteiger partial charge >= 0.3 is 17.9 Å². The highest BCUT2D eigenvalue weighted by atomic mass is 16.6. The van der Waals surface area contributed by atoms with Gasteiger partial charge in [-0.3, -0.25) is 14.4 Å². The van der Waals surface area contributed by atoms with Crippen molar-refractivity contribution in [3.63, 3.8) is 0 Å². The fraction of sp³-hybridized carbons (Fsp3) is 0.792. The van der Waals surface area contributed by atoms with Gasteiger partial charge in [-0.25, -0.2) is 0 Å². The van der Waals surface area contributed by atoms with Gasteiger partial charge in [-0.2, -0.15) is 0 Å². The Morgan fingerprint density at radius 1 is 0.339 bits per heavy atom. The van der Waals surface area contributed by atoms with Crippen LogP contribution in [0.15, 0.2) is 48.6 Å².